The second-order valence-corrected chi connectivity index (χ2v) is 4.42. The van der Waals surface area contributed by atoms with E-state index in [0.29, 0.717) is 12.1 Å². The topological polar surface area (TPSA) is 23.6 Å². The molecule has 3 nitrogen and oxygen atoms in total. The molecule has 17 heavy (non-hydrogen) atoms. The van der Waals surface area contributed by atoms with Crippen LogP contribution in [0.2, 0.25) is 0 Å². The Morgan fingerprint density at radius 2 is 1.88 bits per heavy atom. The van der Waals surface area contributed by atoms with Gasteiger partial charge in [0.1, 0.15) is 5.82 Å². The molecule has 0 heterocycles. The quantitative estimate of drug-likeness (QED) is 0.797. The molecule has 0 spiro atoms. The van der Waals surface area contributed by atoms with Crippen molar-refractivity contribution < 1.29 is 9.18 Å². The summed E-state index contributed by atoms with van der Waals surface area (Å²) in [6, 6.07) is 6.36. The van der Waals surface area contributed by atoms with Gasteiger partial charge in [-0.15, -0.1) is 0 Å². The van der Waals surface area contributed by atoms with Crippen LogP contribution in [0.3, 0.4) is 0 Å². The van der Waals surface area contributed by atoms with Gasteiger partial charge >= 0.3 is 0 Å². The van der Waals surface area contributed by atoms with Gasteiger partial charge in [0.2, 0.25) is 5.91 Å². The fourth-order valence-electron chi connectivity index (χ4n) is 1.59. The molecule has 0 aromatic heterocycles. The minimum absolute atomic E-state index is 0.0174. The lowest BCUT2D eigenvalue weighted by Gasteiger charge is -2.26. The number of benzene rings is 1. The molecule has 0 saturated heterocycles. The van der Waals surface area contributed by atoms with Gasteiger partial charge in [0.15, 0.2) is 0 Å². The second-order valence-electron chi connectivity index (χ2n) is 4.42. The third kappa shape index (κ3) is 3.53. The molecule has 4 heteroatoms. The van der Waals surface area contributed by atoms with Crippen LogP contribution in [0.15, 0.2) is 24.3 Å². The first-order chi connectivity index (χ1) is 7.93. The number of carbonyl (C=O) groups is 1. The zero-order valence-electron chi connectivity index (χ0n) is 10.8. The predicted molar refractivity (Wildman–Crippen MR) is 66.0 cm³/mol. The van der Waals surface area contributed by atoms with Crippen LogP contribution in [0.25, 0.3) is 0 Å². The number of hydrogen-bond acceptors (Lipinski definition) is 2. The van der Waals surface area contributed by atoms with Crippen molar-refractivity contribution in [2.45, 2.75) is 19.5 Å². The zero-order valence-corrected chi connectivity index (χ0v) is 10.8. The predicted octanol–water partition coefficient (Wildman–Crippen LogP) is 1.73. The molecule has 1 atom stereocenters. The fourth-order valence-corrected chi connectivity index (χ4v) is 1.59. The highest BCUT2D eigenvalue weighted by Gasteiger charge is 2.20. The van der Waals surface area contributed by atoms with Crippen LogP contribution >= 0.6 is 0 Å². The van der Waals surface area contributed by atoms with Crippen molar-refractivity contribution in [3.63, 3.8) is 0 Å². The molecule has 0 aliphatic heterocycles. The number of likely N-dealkylation sites (N-methyl/N-ethyl adjacent to an activating group) is 2. The summed E-state index contributed by atoms with van der Waals surface area (Å²) >= 11 is 0. The number of amides is 1. The van der Waals surface area contributed by atoms with Crippen molar-refractivity contribution in [1.29, 1.82) is 0 Å². The summed E-state index contributed by atoms with van der Waals surface area (Å²) in [6.45, 7) is 2.25. The van der Waals surface area contributed by atoms with Crippen LogP contribution in [0.4, 0.5) is 4.39 Å². The summed E-state index contributed by atoms with van der Waals surface area (Å²) in [5, 5.41) is 0. The molecule has 0 N–H and O–H groups in total. The van der Waals surface area contributed by atoms with E-state index in [9.17, 15) is 9.18 Å². The molecular weight excluding hydrogens is 219 g/mol. The molecule has 1 rings (SSSR count). The normalized spacial score (nSPS) is 12.6. The van der Waals surface area contributed by atoms with Crippen LogP contribution in [0.1, 0.15) is 12.5 Å². The lowest BCUT2D eigenvalue weighted by Crippen LogP contribution is -2.42. The molecule has 0 saturated carbocycles. The van der Waals surface area contributed by atoms with Gasteiger partial charge in [-0.2, -0.15) is 0 Å². The van der Waals surface area contributed by atoms with E-state index in [0.717, 1.165) is 0 Å². The summed E-state index contributed by atoms with van der Waals surface area (Å²) in [7, 11) is 5.25. The summed E-state index contributed by atoms with van der Waals surface area (Å²) in [5.74, 6) is -0.215. The Balaban J connectivity index is 2.70. The van der Waals surface area contributed by atoms with E-state index in [1.54, 1.807) is 37.2 Å². The molecule has 0 unspecified atom stereocenters. The van der Waals surface area contributed by atoms with E-state index < -0.39 is 0 Å². The van der Waals surface area contributed by atoms with E-state index in [2.05, 4.69) is 0 Å². The Labute approximate surface area is 102 Å². The SMILES string of the molecule is C[C@H](C(=O)N(C)C)N(C)Cc1ccccc1F. The molecule has 0 aliphatic rings. The Kier molecular flexibility index (Phi) is 4.63. The highest BCUT2D eigenvalue weighted by Crippen LogP contribution is 2.11. The zero-order chi connectivity index (χ0) is 13.0. The van der Waals surface area contributed by atoms with E-state index in [4.69, 9.17) is 0 Å². The number of halogens is 1. The van der Waals surface area contributed by atoms with Gasteiger partial charge in [0.25, 0.3) is 0 Å². The molecule has 0 radical (unpaired) electrons. The minimum atomic E-state index is -0.260. The van der Waals surface area contributed by atoms with Crippen LogP contribution in [-0.2, 0) is 11.3 Å². The Morgan fingerprint density at radius 3 is 2.41 bits per heavy atom. The fraction of sp³-hybridized carbons (Fsp3) is 0.462. The molecule has 1 amide bonds. The maximum atomic E-state index is 13.5. The molecule has 0 fully saturated rings. The van der Waals surface area contributed by atoms with Gasteiger partial charge < -0.3 is 4.90 Å². The van der Waals surface area contributed by atoms with Crippen molar-refractivity contribution in [2.24, 2.45) is 0 Å². The number of rotatable bonds is 4. The van der Waals surface area contributed by atoms with E-state index in [-0.39, 0.29) is 17.8 Å². The van der Waals surface area contributed by atoms with Gasteiger partial charge in [0.05, 0.1) is 6.04 Å². The maximum absolute atomic E-state index is 13.5. The second kappa shape index (κ2) is 5.77. The molecule has 1 aromatic carbocycles. The average Bonchev–Trinajstić information content (AvgIpc) is 2.30. The molecular formula is C13H19FN2O. The summed E-state index contributed by atoms with van der Waals surface area (Å²) in [5.41, 5.74) is 0.605. The smallest absolute Gasteiger partial charge is 0.239 e. The van der Waals surface area contributed by atoms with Crippen LogP contribution in [-0.4, -0.2) is 42.9 Å². The number of carbonyl (C=O) groups excluding carboxylic acids is 1. The Hall–Kier alpha value is -1.42. The van der Waals surface area contributed by atoms with Gasteiger partial charge in [0, 0.05) is 26.2 Å². The maximum Gasteiger partial charge on any atom is 0.239 e. The highest BCUT2D eigenvalue weighted by molar-refractivity contribution is 5.80. The first-order valence-corrected chi connectivity index (χ1v) is 5.58. The number of nitrogens with zero attached hydrogens (tertiary/aromatic N) is 2. The highest BCUT2D eigenvalue weighted by atomic mass is 19.1. The van der Waals surface area contributed by atoms with Gasteiger partial charge in [-0.25, -0.2) is 4.39 Å². The first-order valence-electron chi connectivity index (χ1n) is 5.58. The van der Waals surface area contributed by atoms with Gasteiger partial charge in [-0.3, -0.25) is 9.69 Å². The molecule has 94 valence electrons. The van der Waals surface area contributed by atoms with Crippen molar-refractivity contribution in [2.75, 3.05) is 21.1 Å². The number of hydrogen-bond donors (Lipinski definition) is 0. The largest absolute Gasteiger partial charge is 0.347 e. The van der Waals surface area contributed by atoms with E-state index in [1.807, 2.05) is 18.9 Å². The van der Waals surface area contributed by atoms with Crippen LogP contribution in [0.5, 0.6) is 0 Å². The van der Waals surface area contributed by atoms with Crippen LogP contribution < -0.4 is 0 Å². The standard InChI is InChI=1S/C13H19FN2O/c1-10(13(17)15(2)3)16(4)9-11-7-5-6-8-12(11)14/h5-8,10H,9H2,1-4H3/t10-/m1/s1. The minimum Gasteiger partial charge on any atom is -0.347 e. The van der Waals surface area contributed by atoms with Crippen molar-refractivity contribution >= 4 is 5.91 Å². The van der Waals surface area contributed by atoms with Crippen LogP contribution in [0, 0.1) is 5.82 Å². The lowest BCUT2D eigenvalue weighted by atomic mass is 10.1. The molecule has 0 bridgehead atoms. The average molecular weight is 238 g/mol. The molecule has 1 aromatic rings. The summed E-state index contributed by atoms with van der Waals surface area (Å²) in [4.78, 5) is 15.1. The monoisotopic (exact) mass is 238 g/mol. The lowest BCUT2D eigenvalue weighted by molar-refractivity contribution is -0.133. The summed E-state index contributed by atoms with van der Waals surface area (Å²) in [6.07, 6.45) is 0. The first kappa shape index (κ1) is 13.6. The van der Waals surface area contributed by atoms with Crippen molar-refractivity contribution in [3.05, 3.63) is 35.6 Å². The van der Waals surface area contributed by atoms with Crippen molar-refractivity contribution in [1.82, 2.24) is 9.80 Å². The molecule has 0 aliphatic carbocycles. The Bertz CT molecular complexity index is 393. The summed E-state index contributed by atoms with van der Waals surface area (Å²) < 4.78 is 13.5. The Morgan fingerprint density at radius 1 is 1.29 bits per heavy atom. The van der Waals surface area contributed by atoms with Gasteiger partial charge in [-0.1, -0.05) is 18.2 Å². The van der Waals surface area contributed by atoms with E-state index in [1.165, 1.54) is 6.07 Å². The van der Waals surface area contributed by atoms with Gasteiger partial charge in [-0.05, 0) is 20.0 Å². The third-order valence-corrected chi connectivity index (χ3v) is 2.84. The third-order valence-electron chi connectivity index (χ3n) is 2.84. The van der Waals surface area contributed by atoms with Crippen molar-refractivity contribution in [3.8, 4) is 0 Å². The van der Waals surface area contributed by atoms with E-state index >= 15 is 0 Å².